The van der Waals surface area contributed by atoms with Gasteiger partial charge in [0.1, 0.15) is 0 Å². The minimum atomic E-state index is -0.00817. The van der Waals surface area contributed by atoms with E-state index in [4.69, 9.17) is 11.6 Å². The average Bonchev–Trinajstić information content (AvgIpc) is 2.84. The summed E-state index contributed by atoms with van der Waals surface area (Å²) in [4.78, 5) is 29.5. The summed E-state index contributed by atoms with van der Waals surface area (Å²) in [5.74, 6) is 0.435. The van der Waals surface area contributed by atoms with E-state index >= 15 is 0 Å². The van der Waals surface area contributed by atoms with Crippen LogP contribution in [0.3, 0.4) is 0 Å². The van der Waals surface area contributed by atoms with Gasteiger partial charge in [0.15, 0.2) is 0 Å². The minimum absolute atomic E-state index is 0.00817. The second kappa shape index (κ2) is 7.74. The van der Waals surface area contributed by atoms with E-state index in [1.165, 1.54) is 4.90 Å². The van der Waals surface area contributed by atoms with E-state index in [1.54, 1.807) is 11.3 Å². The molecular weight excluding hydrogens is 296 g/mol. The SMILES string of the molecule is O=C1CCCCC(=O)N1CCCCc1nc(CCl)cs1. The Balaban J connectivity index is 1.74. The summed E-state index contributed by atoms with van der Waals surface area (Å²) in [6.45, 7) is 0.547. The molecule has 2 heterocycles. The Morgan fingerprint density at radius 2 is 1.90 bits per heavy atom. The molecule has 6 heteroatoms. The van der Waals surface area contributed by atoms with Crippen LogP contribution in [0.4, 0.5) is 0 Å². The first-order valence-electron chi connectivity index (χ1n) is 7.03. The Morgan fingerprint density at radius 1 is 1.20 bits per heavy atom. The van der Waals surface area contributed by atoms with Gasteiger partial charge in [-0.1, -0.05) is 0 Å². The zero-order valence-electron chi connectivity index (χ0n) is 11.4. The molecule has 1 aliphatic rings. The van der Waals surface area contributed by atoms with Gasteiger partial charge in [-0.2, -0.15) is 0 Å². The maximum absolute atomic E-state index is 11.8. The van der Waals surface area contributed by atoms with Crippen molar-refractivity contribution in [3.05, 3.63) is 16.1 Å². The molecule has 0 saturated carbocycles. The number of aromatic nitrogens is 1. The highest BCUT2D eigenvalue weighted by Gasteiger charge is 2.23. The van der Waals surface area contributed by atoms with Crippen molar-refractivity contribution in [1.82, 2.24) is 9.88 Å². The van der Waals surface area contributed by atoms with Gasteiger partial charge in [0.25, 0.3) is 0 Å². The molecule has 1 saturated heterocycles. The Morgan fingerprint density at radius 3 is 2.50 bits per heavy atom. The van der Waals surface area contributed by atoms with Gasteiger partial charge in [0, 0.05) is 24.8 Å². The van der Waals surface area contributed by atoms with Crippen LogP contribution in [-0.2, 0) is 21.9 Å². The number of aryl methyl sites for hydroxylation is 1. The third-order valence-corrected chi connectivity index (χ3v) is 4.62. The molecule has 2 rings (SSSR count). The van der Waals surface area contributed by atoms with Crippen molar-refractivity contribution in [1.29, 1.82) is 0 Å². The van der Waals surface area contributed by atoms with Gasteiger partial charge < -0.3 is 0 Å². The minimum Gasteiger partial charge on any atom is -0.283 e. The van der Waals surface area contributed by atoms with Crippen LogP contribution in [0.2, 0.25) is 0 Å². The van der Waals surface area contributed by atoms with Crippen molar-refractivity contribution in [2.24, 2.45) is 0 Å². The summed E-state index contributed by atoms with van der Waals surface area (Å²) in [5, 5.41) is 3.05. The fourth-order valence-corrected chi connectivity index (χ4v) is 3.35. The van der Waals surface area contributed by atoms with Crippen LogP contribution >= 0.6 is 22.9 Å². The maximum atomic E-state index is 11.8. The molecule has 0 bridgehead atoms. The molecule has 20 heavy (non-hydrogen) atoms. The molecule has 0 radical (unpaired) electrons. The molecule has 110 valence electrons. The molecular formula is C14H19ClN2O2S. The zero-order valence-corrected chi connectivity index (χ0v) is 13.0. The number of amides is 2. The summed E-state index contributed by atoms with van der Waals surface area (Å²) >= 11 is 7.33. The molecule has 4 nitrogen and oxygen atoms in total. The van der Waals surface area contributed by atoms with Gasteiger partial charge in [-0.3, -0.25) is 14.5 Å². The fraction of sp³-hybridized carbons (Fsp3) is 0.643. The van der Waals surface area contributed by atoms with Gasteiger partial charge in [-0.05, 0) is 32.1 Å². The third kappa shape index (κ3) is 4.28. The number of unbranched alkanes of at least 4 members (excludes halogenated alkanes) is 1. The molecule has 0 spiro atoms. The molecule has 2 amide bonds. The van der Waals surface area contributed by atoms with Gasteiger partial charge in [-0.15, -0.1) is 22.9 Å². The van der Waals surface area contributed by atoms with E-state index in [0.29, 0.717) is 25.3 Å². The molecule has 0 atom stereocenters. The van der Waals surface area contributed by atoms with Crippen molar-refractivity contribution in [2.45, 2.75) is 50.8 Å². The number of likely N-dealkylation sites (tertiary alicyclic amines) is 1. The highest BCUT2D eigenvalue weighted by Crippen LogP contribution is 2.16. The van der Waals surface area contributed by atoms with Crippen LogP contribution in [0.15, 0.2) is 5.38 Å². The molecule has 1 aliphatic heterocycles. The van der Waals surface area contributed by atoms with Crippen LogP contribution in [0.1, 0.15) is 49.2 Å². The second-order valence-electron chi connectivity index (χ2n) is 4.97. The first-order valence-corrected chi connectivity index (χ1v) is 8.44. The lowest BCUT2D eigenvalue weighted by atomic mass is 10.2. The number of carbonyl (C=O) groups excluding carboxylic acids is 2. The summed E-state index contributed by atoms with van der Waals surface area (Å²) in [6.07, 6.45) is 5.36. The monoisotopic (exact) mass is 314 g/mol. The Kier molecular flexibility index (Phi) is 5.98. The van der Waals surface area contributed by atoms with Gasteiger partial charge >= 0.3 is 0 Å². The standard InChI is InChI=1S/C14H19ClN2O2S/c15-9-11-10-20-12(16-11)5-3-4-8-17-13(18)6-1-2-7-14(17)19/h10H,1-9H2. The number of alkyl halides is 1. The fourth-order valence-electron chi connectivity index (χ4n) is 2.28. The summed E-state index contributed by atoms with van der Waals surface area (Å²) in [5.41, 5.74) is 0.921. The zero-order chi connectivity index (χ0) is 14.4. The molecule has 0 aromatic carbocycles. The highest BCUT2D eigenvalue weighted by atomic mass is 35.5. The molecule has 0 aliphatic carbocycles. The van der Waals surface area contributed by atoms with Gasteiger partial charge in [-0.25, -0.2) is 4.98 Å². The molecule has 1 aromatic heterocycles. The Hall–Kier alpha value is -0.940. The number of carbonyl (C=O) groups is 2. The van der Waals surface area contributed by atoms with Crippen molar-refractivity contribution in [3.63, 3.8) is 0 Å². The summed E-state index contributed by atoms with van der Waals surface area (Å²) < 4.78 is 0. The lowest BCUT2D eigenvalue weighted by molar-refractivity contribution is -0.143. The van der Waals surface area contributed by atoms with E-state index in [-0.39, 0.29) is 11.8 Å². The summed E-state index contributed by atoms with van der Waals surface area (Å²) in [7, 11) is 0. The number of nitrogens with zero attached hydrogens (tertiary/aromatic N) is 2. The number of halogens is 1. The number of hydrogen-bond acceptors (Lipinski definition) is 4. The maximum Gasteiger partial charge on any atom is 0.229 e. The first kappa shape index (κ1) is 15.4. The third-order valence-electron chi connectivity index (χ3n) is 3.39. The number of hydrogen-bond donors (Lipinski definition) is 0. The van der Waals surface area contributed by atoms with E-state index < -0.39 is 0 Å². The van der Waals surface area contributed by atoms with Gasteiger partial charge in [0.2, 0.25) is 11.8 Å². The highest BCUT2D eigenvalue weighted by molar-refractivity contribution is 7.09. The van der Waals surface area contributed by atoms with Crippen LogP contribution in [0, 0.1) is 0 Å². The van der Waals surface area contributed by atoms with Crippen molar-refractivity contribution >= 4 is 34.8 Å². The predicted octanol–water partition coefficient (Wildman–Crippen LogP) is 3.13. The second-order valence-corrected chi connectivity index (χ2v) is 6.18. The van der Waals surface area contributed by atoms with Gasteiger partial charge in [0.05, 0.1) is 16.6 Å². The van der Waals surface area contributed by atoms with Crippen LogP contribution in [-0.4, -0.2) is 28.2 Å². The van der Waals surface area contributed by atoms with Crippen molar-refractivity contribution < 1.29 is 9.59 Å². The van der Waals surface area contributed by atoms with Crippen LogP contribution in [0.25, 0.3) is 0 Å². The van der Waals surface area contributed by atoms with Crippen LogP contribution in [0.5, 0.6) is 0 Å². The Labute approximate surface area is 128 Å². The Bertz CT molecular complexity index is 457. The average molecular weight is 315 g/mol. The van der Waals surface area contributed by atoms with E-state index in [9.17, 15) is 9.59 Å². The smallest absolute Gasteiger partial charge is 0.229 e. The summed E-state index contributed by atoms with van der Waals surface area (Å²) in [6, 6.07) is 0. The quantitative estimate of drug-likeness (QED) is 0.460. The largest absolute Gasteiger partial charge is 0.283 e. The number of imide groups is 1. The lowest BCUT2D eigenvalue weighted by Gasteiger charge is -2.18. The lowest BCUT2D eigenvalue weighted by Crippen LogP contribution is -2.35. The molecule has 0 N–H and O–H groups in total. The molecule has 1 fully saturated rings. The van der Waals surface area contributed by atoms with Crippen molar-refractivity contribution in [3.8, 4) is 0 Å². The number of thiazole rings is 1. The van der Waals surface area contributed by atoms with Crippen molar-refractivity contribution in [2.75, 3.05) is 6.54 Å². The first-order chi connectivity index (χ1) is 9.70. The topological polar surface area (TPSA) is 50.3 Å². The van der Waals surface area contributed by atoms with E-state index in [1.807, 2.05) is 5.38 Å². The van der Waals surface area contributed by atoms with E-state index in [2.05, 4.69) is 4.98 Å². The van der Waals surface area contributed by atoms with E-state index in [0.717, 1.165) is 42.8 Å². The predicted molar refractivity (Wildman–Crippen MR) is 79.8 cm³/mol. The number of rotatable bonds is 6. The normalized spacial score (nSPS) is 16.6. The molecule has 1 aromatic rings. The van der Waals surface area contributed by atoms with Crippen LogP contribution < -0.4 is 0 Å². The molecule has 0 unspecified atom stereocenters.